The van der Waals surface area contributed by atoms with Gasteiger partial charge in [0.15, 0.2) is 5.82 Å². The predicted octanol–water partition coefficient (Wildman–Crippen LogP) is 2.66. The average molecular weight is 447 g/mol. The summed E-state index contributed by atoms with van der Waals surface area (Å²) in [4.78, 5) is 16.9. The first-order valence-corrected chi connectivity index (χ1v) is 11.4. The van der Waals surface area contributed by atoms with Crippen molar-refractivity contribution in [3.05, 3.63) is 83.7 Å². The van der Waals surface area contributed by atoms with Gasteiger partial charge >= 0.3 is 5.97 Å². The van der Waals surface area contributed by atoms with Gasteiger partial charge in [0.2, 0.25) is 0 Å². The molecule has 1 aromatic heterocycles. The van der Waals surface area contributed by atoms with Crippen LogP contribution in [0.2, 0.25) is 0 Å². The molecule has 3 aromatic rings. The first-order chi connectivity index (χ1) is 16.2. The van der Waals surface area contributed by atoms with E-state index in [0.717, 1.165) is 38.3 Å². The molecule has 8 nitrogen and oxygen atoms in total. The molecule has 1 aliphatic rings. The molecule has 0 saturated carbocycles. The zero-order valence-corrected chi connectivity index (χ0v) is 19.0. The van der Waals surface area contributed by atoms with E-state index in [-0.39, 0.29) is 18.6 Å². The van der Waals surface area contributed by atoms with Crippen molar-refractivity contribution in [2.45, 2.75) is 19.5 Å². The molecule has 2 heterocycles. The van der Waals surface area contributed by atoms with Gasteiger partial charge in [0.1, 0.15) is 6.54 Å². The smallest absolute Gasteiger partial charge is 0.327 e. The lowest BCUT2D eigenvalue weighted by Crippen LogP contribution is -2.48. The minimum absolute atomic E-state index is 0.00372. The third-order valence-corrected chi connectivity index (χ3v) is 5.75. The van der Waals surface area contributed by atoms with Gasteiger partial charge in [-0.1, -0.05) is 72.8 Å². The Balaban J connectivity index is 1.45. The van der Waals surface area contributed by atoms with Gasteiger partial charge in [-0.25, -0.2) is 4.68 Å². The molecule has 33 heavy (non-hydrogen) atoms. The summed E-state index contributed by atoms with van der Waals surface area (Å²) in [5.41, 5.74) is 2.32. The van der Waals surface area contributed by atoms with Gasteiger partial charge in [-0.2, -0.15) is 0 Å². The molecule has 1 aliphatic heterocycles. The van der Waals surface area contributed by atoms with Crippen LogP contribution < -0.4 is 0 Å². The number of piperazine rings is 1. The molecule has 0 radical (unpaired) electrons. The van der Waals surface area contributed by atoms with E-state index in [9.17, 15) is 4.79 Å². The van der Waals surface area contributed by atoms with E-state index in [1.54, 1.807) is 11.6 Å². The Bertz CT molecular complexity index is 1030. The van der Waals surface area contributed by atoms with Crippen LogP contribution in [0, 0.1) is 0 Å². The molecule has 2 aromatic carbocycles. The third kappa shape index (κ3) is 6.12. The molecule has 0 spiro atoms. The normalized spacial score (nSPS) is 16.2. The summed E-state index contributed by atoms with van der Waals surface area (Å²) in [5.74, 6) is 0.319. The Morgan fingerprint density at radius 1 is 1.03 bits per heavy atom. The molecule has 1 fully saturated rings. The number of benzene rings is 2. The second-order valence-electron chi connectivity index (χ2n) is 7.96. The van der Waals surface area contributed by atoms with Crippen LogP contribution in [0.5, 0.6) is 0 Å². The number of carbonyl (C=O) groups is 1. The molecule has 0 bridgehead atoms. The molecular weight excluding hydrogens is 416 g/mol. The van der Waals surface area contributed by atoms with Gasteiger partial charge in [-0.3, -0.25) is 14.6 Å². The largest absolute Gasteiger partial charge is 0.465 e. The molecule has 1 saturated heterocycles. The number of carbonyl (C=O) groups excluding carboxylic acids is 1. The Morgan fingerprint density at radius 2 is 1.73 bits per heavy atom. The molecule has 0 aliphatic carbocycles. The quantitative estimate of drug-likeness (QED) is 0.468. The van der Waals surface area contributed by atoms with E-state index in [1.165, 1.54) is 5.56 Å². The van der Waals surface area contributed by atoms with Crippen molar-refractivity contribution in [2.75, 3.05) is 39.3 Å². The monoisotopic (exact) mass is 446 g/mol. The van der Waals surface area contributed by atoms with Crippen molar-refractivity contribution in [3.63, 3.8) is 0 Å². The van der Waals surface area contributed by atoms with Crippen molar-refractivity contribution in [2.24, 2.45) is 0 Å². The fourth-order valence-electron chi connectivity index (χ4n) is 4.11. The summed E-state index contributed by atoms with van der Waals surface area (Å²) in [6.45, 7) is 6.70. The highest BCUT2D eigenvalue weighted by atomic mass is 16.5. The minimum atomic E-state index is -0.340. The molecule has 172 valence electrons. The van der Waals surface area contributed by atoms with Crippen LogP contribution in [0.3, 0.4) is 0 Å². The number of aromatic nitrogens is 4. The van der Waals surface area contributed by atoms with E-state index >= 15 is 0 Å². The summed E-state index contributed by atoms with van der Waals surface area (Å²) in [7, 11) is 0. The van der Waals surface area contributed by atoms with Gasteiger partial charge in [0, 0.05) is 32.7 Å². The molecule has 0 N–H and O–H groups in total. The van der Waals surface area contributed by atoms with E-state index in [2.05, 4.69) is 73.9 Å². The Labute approximate surface area is 194 Å². The molecule has 4 rings (SSSR count). The van der Waals surface area contributed by atoms with E-state index in [0.29, 0.717) is 12.4 Å². The van der Waals surface area contributed by atoms with Crippen LogP contribution in [0.4, 0.5) is 0 Å². The highest BCUT2D eigenvalue weighted by Gasteiger charge is 2.30. The third-order valence-electron chi connectivity index (χ3n) is 5.75. The maximum Gasteiger partial charge on any atom is 0.327 e. The molecular formula is C25H30N6O2. The second-order valence-corrected chi connectivity index (χ2v) is 7.96. The minimum Gasteiger partial charge on any atom is -0.465 e. The fourth-order valence-corrected chi connectivity index (χ4v) is 4.11. The van der Waals surface area contributed by atoms with Crippen LogP contribution in [0.1, 0.15) is 29.9 Å². The molecule has 8 heteroatoms. The highest BCUT2D eigenvalue weighted by Crippen LogP contribution is 2.28. The molecule has 0 amide bonds. The van der Waals surface area contributed by atoms with Crippen LogP contribution in [0.25, 0.3) is 6.08 Å². The van der Waals surface area contributed by atoms with Crippen LogP contribution >= 0.6 is 0 Å². The number of esters is 1. The zero-order valence-electron chi connectivity index (χ0n) is 19.0. The first-order valence-electron chi connectivity index (χ1n) is 11.4. The van der Waals surface area contributed by atoms with Gasteiger partial charge in [-0.15, -0.1) is 5.10 Å². The highest BCUT2D eigenvalue weighted by molar-refractivity contribution is 5.69. The number of rotatable bonds is 9. The van der Waals surface area contributed by atoms with Gasteiger partial charge < -0.3 is 4.74 Å². The summed E-state index contributed by atoms with van der Waals surface area (Å²) < 4.78 is 6.66. The number of hydrogen-bond acceptors (Lipinski definition) is 7. The topological polar surface area (TPSA) is 76.4 Å². The maximum absolute atomic E-state index is 12.1. The van der Waals surface area contributed by atoms with Crippen molar-refractivity contribution < 1.29 is 9.53 Å². The summed E-state index contributed by atoms with van der Waals surface area (Å²) in [5, 5.41) is 12.3. The van der Waals surface area contributed by atoms with Crippen LogP contribution in [-0.2, 0) is 16.1 Å². The molecule has 1 atom stereocenters. The van der Waals surface area contributed by atoms with Crippen LogP contribution in [-0.4, -0.2) is 75.3 Å². The Hall–Kier alpha value is -3.36. The Kier molecular flexibility index (Phi) is 7.94. The number of hydrogen-bond donors (Lipinski definition) is 0. The summed E-state index contributed by atoms with van der Waals surface area (Å²) in [6.07, 6.45) is 4.39. The maximum atomic E-state index is 12.1. The average Bonchev–Trinajstić information content (AvgIpc) is 3.29. The van der Waals surface area contributed by atoms with E-state index in [1.807, 2.05) is 24.3 Å². The van der Waals surface area contributed by atoms with Crippen LogP contribution in [0.15, 0.2) is 66.7 Å². The second kappa shape index (κ2) is 11.5. The lowest BCUT2D eigenvalue weighted by Gasteiger charge is -2.38. The van der Waals surface area contributed by atoms with E-state index in [4.69, 9.17) is 4.74 Å². The van der Waals surface area contributed by atoms with Crippen molar-refractivity contribution >= 4 is 12.0 Å². The number of ether oxygens (including phenoxy) is 1. The van der Waals surface area contributed by atoms with E-state index < -0.39 is 0 Å². The van der Waals surface area contributed by atoms with Crippen molar-refractivity contribution in [1.29, 1.82) is 0 Å². The van der Waals surface area contributed by atoms with Crippen molar-refractivity contribution in [3.8, 4) is 0 Å². The zero-order chi connectivity index (χ0) is 22.9. The number of nitrogens with zero attached hydrogens (tertiary/aromatic N) is 6. The lowest BCUT2D eigenvalue weighted by atomic mass is 10.0. The summed E-state index contributed by atoms with van der Waals surface area (Å²) >= 11 is 0. The standard InChI is InChI=1S/C25H30N6O2/c1-2-33-23(32)20-31-25(26-27-28-31)24(22-13-7-4-8-14-22)30-18-16-29(17-19-30)15-9-12-21-10-5-3-6-11-21/h3-14,24H,2,15-20H2,1H3/b12-9+/t24-/m0/s1. The van der Waals surface area contributed by atoms with Gasteiger partial charge in [0.25, 0.3) is 0 Å². The Morgan fingerprint density at radius 3 is 2.42 bits per heavy atom. The number of tetrazole rings is 1. The van der Waals surface area contributed by atoms with Gasteiger partial charge in [-0.05, 0) is 28.5 Å². The van der Waals surface area contributed by atoms with Gasteiger partial charge in [0.05, 0.1) is 12.6 Å². The predicted molar refractivity (Wildman–Crippen MR) is 126 cm³/mol. The first kappa shape index (κ1) is 22.8. The summed E-state index contributed by atoms with van der Waals surface area (Å²) in [6, 6.07) is 20.4. The molecule has 0 unspecified atom stereocenters. The van der Waals surface area contributed by atoms with Crippen molar-refractivity contribution in [1.82, 2.24) is 30.0 Å². The lowest BCUT2D eigenvalue weighted by molar-refractivity contribution is -0.144. The fraction of sp³-hybridized carbons (Fsp3) is 0.360. The SMILES string of the molecule is CCOC(=O)Cn1nnnc1[C@H](c1ccccc1)N1CCN(C/C=C/c2ccccc2)CC1.